The Labute approximate surface area is 134 Å². The summed E-state index contributed by atoms with van der Waals surface area (Å²) < 4.78 is 2.42. The lowest BCUT2D eigenvalue weighted by Gasteiger charge is -2.08. The third-order valence-electron chi connectivity index (χ3n) is 2.97. The number of aryl methyl sites for hydroxylation is 1. The van der Waals surface area contributed by atoms with Gasteiger partial charge in [0.1, 0.15) is 12.7 Å². The third kappa shape index (κ3) is 3.01. The number of nitrogens with zero attached hydrogens (tertiary/aromatic N) is 5. The van der Waals surface area contributed by atoms with Gasteiger partial charge in [-0.1, -0.05) is 15.9 Å². The molecule has 0 unspecified atom stereocenters. The molecule has 0 aliphatic carbocycles. The molecule has 22 heavy (non-hydrogen) atoms. The normalized spacial score (nSPS) is 10.5. The highest BCUT2D eigenvalue weighted by Gasteiger charge is 2.11. The van der Waals surface area contributed by atoms with Crippen molar-refractivity contribution in [1.82, 2.24) is 25.0 Å². The number of rotatable bonds is 3. The molecule has 2 heterocycles. The summed E-state index contributed by atoms with van der Waals surface area (Å²) in [5, 5.41) is 14.6. The Kier molecular flexibility index (Phi) is 3.92. The van der Waals surface area contributed by atoms with Crippen LogP contribution in [0.4, 0.5) is 5.69 Å². The number of benzene rings is 1. The van der Waals surface area contributed by atoms with Crippen molar-refractivity contribution in [2.24, 2.45) is 0 Å². The topological polar surface area (TPSA) is 85.6 Å². The van der Waals surface area contributed by atoms with Crippen LogP contribution in [0.25, 0.3) is 5.82 Å². The van der Waals surface area contributed by atoms with E-state index in [2.05, 4.69) is 41.5 Å². The van der Waals surface area contributed by atoms with Crippen molar-refractivity contribution in [3.8, 4) is 5.82 Å². The van der Waals surface area contributed by atoms with Crippen molar-refractivity contribution in [3.05, 3.63) is 58.7 Å². The van der Waals surface area contributed by atoms with E-state index in [1.54, 1.807) is 12.1 Å². The average molecular weight is 359 g/mol. The minimum absolute atomic E-state index is 0.228. The summed E-state index contributed by atoms with van der Waals surface area (Å²) >= 11 is 3.39. The smallest absolute Gasteiger partial charge is 0.276 e. The summed E-state index contributed by atoms with van der Waals surface area (Å²) in [6.07, 6.45) is 2.91. The fourth-order valence-corrected chi connectivity index (χ4v) is 2.32. The van der Waals surface area contributed by atoms with Crippen molar-refractivity contribution in [1.29, 1.82) is 0 Å². The number of aromatic nitrogens is 5. The number of hydrogen-bond acceptors (Lipinski definition) is 5. The first kappa shape index (κ1) is 14.3. The Balaban J connectivity index is 1.77. The lowest BCUT2D eigenvalue weighted by atomic mass is 10.2. The first-order valence-corrected chi connectivity index (χ1v) is 7.19. The largest absolute Gasteiger partial charge is 0.320 e. The highest BCUT2D eigenvalue weighted by molar-refractivity contribution is 9.10. The molecule has 3 aromatic rings. The number of hydrogen-bond donors (Lipinski definition) is 1. The summed E-state index contributed by atoms with van der Waals surface area (Å²) in [5.41, 5.74) is 1.91. The van der Waals surface area contributed by atoms with Gasteiger partial charge in [0.2, 0.25) is 0 Å². The van der Waals surface area contributed by atoms with Gasteiger partial charge in [0.05, 0.1) is 0 Å². The summed E-state index contributed by atoms with van der Waals surface area (Å²) in [4.78, 5) is 16.0. The summed E-state index contributed by atoms with van der Waals surface area (Å²) in [7, 11) is 0. The molecular weight excluding hydrogens is 348 g/mol. The predicted octanol–water partition coefficient (Wildman–Crippen LogP) is 2.38. The van der Waals surface area contributed by atoms with E-state index in [9.17, 15) is 4.79 Å². The molecule has 0 radical (unpaired) electrons. The Morgan fingerprint density at radius 1 is 1.23 bits per heavy atom. The molecule has 0 bridgehead atoms. The molecule has 8 heteroatoms. The molecule has 1 N–H and O–H groups in total. The van der Waals surface area contributed by atoms with Gasteiger partial charge in [0.25, 0.3) is 5.91 Å². The van der Waals surface area contributed by atoms with Gasteiger partial charge in [-0.3, -0.25) is 4.79 Å². The molecular formula is C14H11BrN6O. The van der Waals surface area contributed by atoms with Crippen LogP contribution in [0.2, 0.25) is 0 Å². The minimum atomic E-state index is -0.317. The van der Waals surface area contributed by atoms with Crippen LogP contribution in [0, 0.1) is 6.92 Å². The van der Waals surface area contributed by atoms with Crippen LogP contribution in [0.3, 0.4) is 0 Å². The Morgan fingerprint density at radius 3 is 2.73 bits per heavy atom. The van der Waals surface area contributed by atoms with Gasteiger partial charge in [-0.2, -0.15) is 5.10 Å². The molecule has 0 spiro atoms. The van der Waals surface area contributed by atoms with Gasteiger partial charge in [0.15, 0.2) is 11.5 Å². The molecule has 0 fully saturated rings. The van der Waals surface area contributed by atoms with Crippen molar-refractivity contribution in [2.75, 3.05) is 5.32 Å². The van der Waals surface area contributed by atoms with Gasteiger partial charge in [0, 0.05) is 10.2 Å². The second-order valence-corrected chi connectivity index (χ2v) is 5.45. The number of nitrogens with one attached hydrogen (secondary N) is 1. The molecule has 2 aromatic heterocycles. The average Bonchev–Trinajstić information content (AvgIpc) is 3.04. The van der Waals surface area contributed by atoms with E-state index in [-0.39, 0.29) is 11.6 Å². The van der Waals surface area contributed by atoms with E-state index in [0.29, 0.717) is 5.82 Å². The van der Waals surface area contributed by atoms with Crippen LogP contribution in [-0.4, -0.2) is 30.9 Å². The highest BCUT2D eigenvalue weighted by Crippen LogP contribution is 2.20. The fraction of sp³-hybridized carbons (Fsp3) is 0.0714. The van der Waals surface area contributed by atoms with E-state index in [4.69, 9.17) is 0 Å². The number of anilines is 1. The number of halogens is 1. The molecule has 1 amide bonds. The summed E-state index contributed by atoms with van der Waals surface area (Å²) in [6, 6.07) is 8.87. The van der Waals surface area contributed by atoms with E-state index in [0.717, 1.165) is 15.7 Å². The quantitative estimate of drug-likeness (QED) is 0.776. The van der Waals surface area contributed by atoms with Gasteiger partial charge >= 0.3 is 0 Å². The first-order chi connectivity index (χ1) is 10.6. The summed E-state index contributed by atoms with van der Waals surface area (Å²) in [5.74, 6) is 0.178. The van der Waals surface area contributed by atoms with Crippen molar-refractivity contribution in [2.45, 2.75) is 6.92 Å². The van der Waals surface area contributed by atoms with Crippen LogP contribution in [0.1, 0.15) is 16.1 Å². The summed E-state index contributed by atoms with van der Waals surface area (Å²) in [6.45, 7) is 1.92. The highest BCUT2D eigenvalue weighted by atomic mass is 79.9. The lowest BCUT2D eigenvalue weighted by molar-refractivity contribution is 0.102. The van der Waals surface area contributed by atoms with Crippen molar-refractivity contribution in [3.63, 3.8) is 0 Å². The number of carbonyl (C=O) groups excluding carboxylic acids is 1. The molecule has 1 aromatic carbocycles. The number of carbonyl (C=O) groups is 1. The maximum absolute atomic E-state index is 12.2. The molecule has 0 aliphatic rings. The molecule has 7 nitrogen and oxygen atoms in total. The van der Waals surface area contributed by atoms with Crippen LogP contribution >= 0.6 is 15.9 Å². The standard InChI is InChI=1S/C14H11BrN6O/c1-9-6-10(15)2-3-11(9)18-14(22)12-4-5-13(20-19-12)21-8-16-7-17-21/h2-8H,1H3,(H,18,22). The van der Waals surface area contributed by atoms with Crippen LogP contribution in [-0.2, 0) is 0 Å². The molecule has 110 valence electrons. The molecule has 0 saturated heterocycles. The lowest BCUT2D eigenvalue weighted by Crippen LogP contribution is -2.15. The van der Waals surface area contributed by atoms with E-state index >= 15 is 0 Å². The van der Waals surface area contributed by atoms with E-state index < -0.39 is 0 Å². The van der Waals surface area contributed by atoms with Crippen molar-refractivity contribution >= 4 is 27.5 Å². The predicted molar refractivity (Wildman–Crippen MR) is 83.8 cm³/mol. The van der Waals surface area contributed by atoms with Crippen LogP contribution in [0.15, 0.2) is 47.5 Å². The van der Waals surface area contributed by atoms with Gasteiger partial charge < -0.3 is 5.32 Å². The SMILES string of the molecule is Cc1cc(Br)ccc1NC(=O)c1ccc(-n2cncn2)nn1. The first-order valence-electron chi connectivity index (χ1n) is 6.40. The van der Waals surface area contributed by atoms with Crippen LogP contribution < -0.4 is 5.32 Å². The second-order valence-electron chi connectivity index (χ2n) is 4.53. The maximum atomic E-state index is 12.2. The Morgan fingerprint density at radius 2 is 2.09 bits per heavy atom. The van der Waals surface area contributed by atoms with E-state index in [1.807, 2.05) is 25.1 Å². The molecule has 0 saturated carbocycles. The van der Waals surface area contributed by atoms with Gasteiger partial charge in [-0.15, -0.1) is 10.2 Å². The van der Waals surface area contributed by atoms with Gasteiger partial charge in [-0.25, -0.2) is 9.67 Å². The third-order valence-corrected chi connectivity index (χ3v) is 3.47. The zero-order valence-electron chi connectivity index (χ0n) is 11.6. The second kappa shape index (κ2) is 6.02. The monoisotopic (exact) mass is 358 g/mol. The zero-order valence-corrected chi connectivity index (χ0v) is 13.1. The maximum Gasteiger partial charge on any atom is 0.276 e. The molecule has 0 aliphatic heterocycles. The Bertz CT molecular complexity index is 801. The van der Waals surface area contributed by atoms with Crippen molar-refractivity contribution < 1.29 is 4.79 Å². The zero-order chi connectivity index (χ0) is 15.5. The van der Waals surface area contributed by atoms with E-state index in [1.165, 1.54) is 17.3 Å². The van der Waals surface area contributed by atoms with Gasteiger partial charge in [-0.05, 0) is 42.8 Å². The molecule has 3 rings (SSSR count). The fourth-order valence-electron chi connectivity index (χ4n) is 1.85. The minimum Gasteiger partial charge on any atom is -0.320 e. The van der Waals surface area contributed by atoms with Crippen LogP contribution in [0.5, 0.6) is 0 Å². The Hall–Kier alpha value is -2.61. The number of amides is 1. The molecule has 0 atom stereocenters.